The van der Waals surface area contributed by atoms with Gasteiger partial charge in [-0.25, -0.2) is 13.6 Å². The van der Waals surface area contributed by atoms with E-state index in [1.165, 1.54) is 12.1 Å². The van der Waals surface area contributed by atoms with Gasteiger partial charge in [-0.05, 0) is 12.5 Å². The van der Waals surface area contributed by atoms with Crippen molar-refractivity contribution in [1.29, 1.82) is 0 Å². The van der Waals surface area contributed by atoms with Crippen LogP contribution < -0.4 is 0 Å². The number of nitrogens with zero attached hydrogens (tertiary/aromatic N) is 1. The summed E-state index contributed by atoms with van der Waals surface area (Å²) in [5.41, 5.74) is -1.84. The van der Waals surface area contributed by atoms with Gasteiger partial charge in [-0.2, -0.15) is 0 Å². The number of β-amino-alcohol motifs (C(OH)–C–C–N with tert-alkyl or cyclic N) is 1. The quantitative estimate of drug-likeness (QED) is 0.786. The second-order valence-corrected chi connectivity index (χ2v) is 4.09. The molecule has 1 fully saturated rings. The van der Waals surface area contributed by atoms with Gasteiger partial charge in [-0.1, -0.05) is 12.1 Å². The van der Waals surface area contributed by atoms with Gasteiger partial charge in [0.2, 0.25) is 0 Å². The summed E-state index contributed by atoms with van der Waals surface area (Å²) >= 11 is 0. The van der Waals surface area contributed by atoms with Crippen LogP contribution in [0.2, 0.25) is 0 Å². The Labute approximate surface area is 96.1 Å². The zero-order valence-corrected chi connectivity index (χ0v) is 8.86. The first-order chi connectivity index (χ1) is 7.94. The van der Waals surface area contributed by atoms with Crippen molar-refractivity contribution in [2.75, 3.05) is 13.1 Å². The first kappa shape index (κ1) is 11.8. The van der Waals surface area contributed by atoms with Crippen LogP contribution in [0.3, 0.4) is 0 Å². The van der Waals surface area contributed by atoms with Crippen molar-refractivity contribution in [2.45, 2.75) is 12.0 Å². The molecule has 0 spiro atoms. The maximum absolute atomic E-state index is 13.5. The molecule has 0 radical (unpaired) electrons. The summed E-state index contributed by atoms with van der Waals surface area (Å²) in [6, 6.07) is 3.50. The Morgan fingerprint density at radius 3 is 2.71 bits per heavy atom. The zero-order chi connectivity index (χ0) is 12.6. The van der Waals surface area contributed by atoms with Crippen LogP contribution in [0.25, 0.3) is 0 Å². The molecule has 1 aliphatic heterocycles. The fraction of sp³-hybridized carbons (Fsp3) is 0.364. The molecule has 1 aromatic carbocycles. The molecule has 1 heterocycles. The highest BCUT2D eigenvalue weighted by atomic mass is 19.2. The Bertz CT molecular complexity index is 466. The number of hydrogen-bond donors (Lipinski definition) is 2. The summed E-state index contributed by atoms with van der Waals surface area (Å²) in [6.45, 7) is -0.148. The highest BCUT2D eigenvalue weighted by molar-refractivity contribution is 5.65. The fourth-order valence-electron chi connectivity index (χ4n) is 2.04. The molecule has 0 aromatic heterocycles. The lowest BCUT2D eigenvalue weighted by atomic mass is 9.92. The van der Waals surface area contributed by atoms with Gasteiger partial charge in [0.15, 0.2) is 11.6 Å². The minimum Gasteiger partial charge on any atom is -0.465 e. The number of benzene rings is 1. The molecule has 4 nitrogen and oxygen atoms in total. The normalized spacial score (nSPS) is 24.1. The summed E-state index contributed by atoms with van der Waals surface area (Å²) < 4.78 is 26.6. The van der Waals surface area contributed by atoms with Gasteiger partial charge in [0.25, 0.3) is 0 Å². The second kappa shape index (κ2) is 3.96. The highest BCUT2D eigenvalue weighted by Crippen LogP contribution is 2.34. The van der Waals surface area contributed by atoms with Crippen molar-refractivity contribution in [1.82, 2.24) is 4.90 Å². The molecule has 17 heavy (non-hydrogen) atoms. The van der Waals surface area contributed by atoms with Crippen LogP contribution in [0.15, 0.2) is 18.2 Å². The molecule has 1 saturated heterocycles. The Morgan fingerprint density at radius 1 is 1.41 bits per heavy atom. The SMILES string of the molecule is O=C(O)N1CCC(O)(c2cccc(F)c2F)C1. The van der Waals surface area contributed by atoms with Crippen LogP contribution in [-0.2, 0) is 5.60 Å². The Kier molecular flexibility index (Phi) is 2.74. The van der Waals surface area contributed by atoms with Crippen molar-refractivity contribution in [3.8, 4) is 0 Å². The molecule has 1 aliphatic rings. The largest absolute Gasteiger partial charge is 0.465 e. The highest BCUT2D eigenvalue weighted by Gasteiger charge is 2.41. The van der Waals surface area contributed by atoms with E-state index < -0.39 is 23.3 Å². The van der Waals surface area contributed by atoms with Crippen LogP contribution in [0.5, 0.6) is 0 Å². The molecule has 2 N–H and O–H groups in total. The fourth-order valence-corrected chi connectivity index (χ4v) is 2.04. The smallest absolute Gasteiger partial charge is 0.407 e. The number of amides is 1. The number of likely N-dealkylation sites (tertiary alicyclic amines) is 1. The molecule has 0 aliphatic carbocycles. The molecule has 92 valence electrons. The zero-order valence-electron chi connectivity index (χ0n) is 8.86. The van der Waals surface area contributed by atoms with Crippen LogP contribution in [-0.4, -0.2) is 34.3 Å². The Morgan fingerprint density at radius 2 is 2.12 bits per heavy atom. The summed E-state index contributed by atoms with van der Waals surface area (Å²) in [4.78, 5) is 11.7. The topological polar surface area (TPSA) is 60.8 Å². The predicted molar refractivity (Wildman–Crippen MR) is 54.5 cm³/mol. The number of rotatable bonds is 1. The van der Waals surface area contributed by atoms with Crippen molar-refractivity contribution < 1.29 is 23.8 Å². The van der Waals surface area contributed by atoms with Gasteiger partial charge < -0.3 is 15.1 Å². The molecule has 1 amide bonds. The van der Waals surface area contributed by atoms with Gasteiger partial charge in [-0.15, -0.1) is 0 Å². The van der Waals surface area contributed by atoms with Crippen LogP contribution in [0.1, 0.15) is 12.0 Å². The van der Waals surface area contributed by atoms with Gasteiger partial charge in [-0.3, -0.25) is 0 Å². The molecule has 0 bridgehead atoms. The van der Waals surface area contributed by atoms with Crippen LogP contribution >= 0.6 is 0 Å². The van der Waals surface area contributed by atoms with Crippen molar-refractivity contribution in [3.63, 3.8) is 0 Å². The van der Waals surface area contributed by atoms with E-state index in [2.05, 4.69) is 0 Å². The number of aliphatic hydroxyl groups is 1. The average molecular weight is 243 g/mol. The number of halogens is 2. The molecule has 1 unspecified atom stereocenters. The standard InChI is InChI=1S/C11H11F2NO3/c12-8-3-1-2-7(9(8)13)11(17)4-5-14(6-11)10(15)16/h1-3,17H,4-6H2,(H,15,16). The summed E-state index contributed by atoms with van der Waals surface area (Å²) in [7, 11) is 0. The van der Waals surface area contributed by atoms with E-state index >= 15 is 0 Å². The average Bonchev–Trinajstić information content (AvgIpc) is 2.66. The number of carbonyl (C=O) groups is 1. The minimum absolute atomic E-state index is 0.0552. The number of hydrogen-bond acceptors (Lipinski definition) is 2. The first-order valence-electron chi connectivity index (χ1n) is 5.09. The third-order valence-corrected chi connectivity index (χ3v) is 2.97. The van der Waals surface area contributed by atoms with E-state index in [1.54, 1.807) is 0 Å². The molecular weight excluding hydrogens is 232 g/mol. The lowest BCUT2D eigenvalue weighted by Gasteiger charge is -2.23. The third-order valence-electron chi connectivity index (χ3n) is 2.97. The van der Waals surface area contributed by atoms with E-state index in [9.17, 15) is 18.7 Å². The molecular formula is C11H11F2NO3. The predicted octanol–water partition coefficient (Wildman–Crippen LogP) is 1.54. The molecule has 1 aromatic rings. The van der Waals surface area contributed by atoms with E-state index in [1.807, 2.05) is 0 Å². The second-order valence-electron chi connectivity index (χ2n) is 4.09. The lowest BCUT2D eigenvalue weighted by Crippen LogP contribution is -2.34. The number of carboxylic acid groups (broad SMARTS) is 1. The van der Waals surface area contributed by atoms with Crippen LogP contribution in [0, 0.1) is 11.6 Å². The molecule has 6 heteroatoms. The Balaban J connectivity index is 2.34. The van der Waals surface area contributed by atoms with E-state index in [0.29, 0.717) is 0 Å². The summed E-state index contributed by atoms with van der Waals surface area (Å²) in [6.07, 6.45) is -1.13. The van der Waals surface area contributed by atoms with Crippen molar-refractivity contribution in [2.24, 2.45) is 0 Å². The van der Waals surface area contributed by atoms with Gasteiger partial charge in [0.05, 0.1) is 6.54 Å². The first-order valence-corrected chi connectivity index (χ1v) is 5.09. The lowest BCUT2D eigenvalue weighted by molar-refractivity contribution is 0.0418. The maximum Gasteiger partial charge on any atom is 0.407 e. The monoisotopic (exact) mass is 243 g/mol. The minimum atomic E-state index is -1.65. The molecule has 0 saturated carbocycles. The van der Waals surface area contributed by atoms with Crippen molar-refractivity contribution in [3.05, 3.63) is 35.4 Å². The molecule has 2 rings (SSSR count). The summed E-state index contributed by atoms with van der Waals surface area (Å²) in [5.74, 6) is -2.17. The van der Waals surface area contributed by atoms with Crippen LogP contribution in [0.4, 0.5) is 13.6 Å². The van der Waals surface area contributed by atoms with Crippen molar-refractivity contribution >= 4 is 6.09 Å². The van der Waals surface area contributed by atoms with Gasteiger partial charge in [0, 0.05) is 12.1 Å². The van der Waals surface area contributed by atoms with E-state index in [4.69, 9.17) is 5.11 Å². The van der Waals surface area contributed by atoms with Gasteiger partial charge in [0.1, 0.15) is 5.60 Å². The summed E-state index contributed by atoms with van der Waals surface area (Å²) in [5, 5.41) is 18.9. The maximum atomic E-state index is 13.5. The molecule has 1 atom stereocenters. The third kappa shape index (κ3) is 1.95. The van der Waals surface area contributed by atoms with Gasteiger partial charge >= 0.3 is 6.09 Å². The van der Waals surface area contributed by atoms with E-state index in [-0.39, 0.29) is 25.1 Å². The Hall–Kier alpha value is -1.69. The van der Waals surface area contributed by atoms with E-state index in [0.717, 1.165) is 11.0 Å².